The SMILES string of the molecule is CC(C)(C)c1ccc(NCCC(=O)NCCc2ccc(F)cc2)cc1. The van der Waals surface area contributed by atoms with Gasteiger partial charge in [0.15, 0.2) is 0 Å². The average Bonchev–Trinajstić information content (AvgIpc) is 2.56. The summed E-state index contributed by atoms with van der Waals surface area (Å²) in [6, 6.07) is 14.7. The molecule has 25 heavy (non-hydrogen) atoms. The minimum Gasteiger partial charge on any atom is -0.385 e. The number of hydrogen-bond acceptors (Lipinski definition) is 2. The van der Waals surface area contributed by atoms with Crippen molar-refractivity contribution in [3.8, 4) is 0 Å². The number of rotatable bonds is 7. The Morgan fingerprint density at radius 3 is 2.20 bits per heavy atom. The second-order valence-electron chi connectivity index (χ2n) is 7.23. The lowest BCUT2D eigenvalue weighted by Crippen LogP contribution is -2.27. The number of hydrogen-bond donors (Lipinski definition) is 2. The van der Waals surface area contributed by atoms with Crippen LogP contribution in [0.25, 0.3) is 0 Å². The molecule has 2 N–H and O–H groups in total. The van der Waals surface area contributed by atoms with Gasteiger partial charge in [-0.2, -0.15) is 0 Å². The fourth-order valence-corrected chi connectivity index (χ4v) is 2.49. The fraction of sp³-hybridized carbons (Fsp3) is 0.381. The van der Waals surface area contributed by atoms with E-state index in [-0.39, 0.29) is 17.1 Å². The van der Waals surface area contributed by atoms with E-state index >= 15 is 0 Å². The predicted octanol–water partition coefficient (Wildman–Crippen LogP) is 4.28. The molecule has 2 rings (SSSR count). The molecule has 0 aliphatic carbocycles. The van der Waals surface area contributed by atoms with Gasteiger partial charge < -0.3 is 10.6 Å². The highest BCUT2D eigenvalue weighted by atomic mass is 19.1. The first-order chi connectivity index (χ1) is 11.8. The van der Waals surface area contributed by atoms with Crippen LogP contribution in [-0.2, 0) is 16.6 Å². The minimum atomic E-state index is -0.241. The third kappa shape index (κ3) is 6.57. The molecule has 1 amide bonds. The maximum atomic E-state index is 12.8. The first-order valence-corrected chi connectivity index (χ1v) is 8.70. The first kappa shape index (κ1) is 19.0. The van der Waals surface area contributed by atoms with E-state index in [0.29, 0.717) is 25.9 Å². The topological polar surface area (TPSA) is 41.1 Å². The zero-order valence-corrected chi connectivity index (χ0v) is 15.2. The molecule has 0 saturated heterocycles. The molecule has 0 spiro atoms. The molecular weight excluding hydrogens is 315 g/mol. The zero-order valence-electron chi connectivity index (χ0n) is 15.2. The van der Waals surface area contributed by atoms with Crippen LogP contribution in [0.3, 0.4) is 0 Å². The molecule has 0 radical (unpaired) electrons. The zero-order chi connectivity index (χ0) is 18.3. The summed E-state index contributed by atoms with van der Waals surface area (Å²) in [6.45, 7) is 7.71. The van der Waals surface area contributed by atoms with E-state index in [2.05, 4.69) is 43.5 Å². The number of benzene rings is 2. The standard InChI is InChI=1S/C21H27FN2O/c1-21(2,3)17-6-10-19(11-7-17)23-15-13-20(25)24-14-12-16-4-8-18(22)9-5-16/h4-11,23H,12-15H2,1-3H3,(H,24,25). The number of anilines is 1. The van der Waals surface area contributed by atoms with Crippen LogP contribution in [0, 0.1) is 5.82 Å². The molecule has 0 unspecified atom stereocenters. The van der Waals surface area contributed by atoms with Crippen LogP contribution >= 0.6 is 0 Å². The summed E-state index contributed by atoms with van der Waals surface area (Å²) >= 11 is 0. The van der Waals surface area contributed by atoms with Crippen molar-refractivity contribution in [3.63, 3.8) is 0 Å². The molecule has 0 heterocycles. The normalized spacial score (nSPS) is 11.2. The van der Waals surface area contributed by atoms with Crippen molar-refractivity contribution in [2.75, 3.05) is 18.4 Å². The van der Waals surface area contributed by atoms with Gasteiger partial charge in [0, 0.05) is 25.2 Å². The molecule has 0 saturated carbocycles. The quantitative estimate of drug-likeness (QED) is 0.788. The van der Waals surface area contributed by atoms with E-state index in [9.17, 15) is 9.18 Å². The summed E-state index contributed by atoms with van der Waals surface area (Å²) in [5.74, 6) is -0.227. The summed E-state index contributed by atoms with van der Waals surface area (Å²) in [5, 5.41) is 6.15. The summed E-state index contributed by atoms with van der Waals surface area (Å²) in [6.07, 6.45) is 1.12. The molecule has 0 aliphatic heterocycles. The van der Waals surface area contributed by atoms with Gasteiger partial charge >= 0.3 is 0 Å². The second-order valence-corrected chi connectivity index (χ2v) is 7.23. The Labute approximate surface area is 149 Å². The Balaban J connectivity index is 1.65. The van der Waals surface area contributed by atoms with Gasteiger partial charge in [-0.15, -0.1) is 0 Å². The highest BCUT2D eigenvalue weighted by Crippen LogP contribution is 2.23. The monoisotopic (exact) mass is 342 g/mol. The molecule has 0 bridgehead atoms. The lowest BCUT2D eigenvalue weighted by molar-refractivity contribution is -0.120. The van der Waals surface area contributed by atoms with Gasteiger partial charge in [0.1, 0.15) is 5.82 Å². The van der Waals surface area contributed by atoms with Crippen molar-refractivity contribution in [1.82, 2.24) is 5.32 Å². The molecule has 134 valence electrons. The van der Waals surface area contributed by atoms with Gasteiger partial charge in [-0.25, -0.2) is 4.39 Å². The summed E-state index contributed by atoms with van der Waals surface area (Å²) in [4.78, 5) is 11.9. The van der Waals surface area contributed by atoms with Crippen LogP contribution in [0.15, 0.2) is 48.5 Å². The Hall–Kier alpha value is -2.36. The van der Waals surface area contributed by atoms with Gasteiger partial charge in [-0.3, -0.25) is 4.79 Å². The van der Waals surface area contributed by atoms with E-state index < -0.39 is 0 Å². The van der Waals surface area contributed by atoms with Crippen molar-refractivity contribution in [3.05, 3.63) is 65.5 Å². The number of nitrogens with one attached hydrogen (secondary N) is 2. The van der Waals surface area contributed by atoms with E-state index in [1.807, 2.05) is 12.1 Å². The van der Waals surface area contributed by atoms with E-state index in [4.69, 9.17) is 0 Å². The van der Waals surface area contributed by atoms with Gasteiger partial charge in [0.25, 0.3) is 0 Å². The number of halogens is 1. The molecule has 0 aromatic heterocycles. The van der Waals surface area contributed by atoms with Gasteiger partial charge in [-0.1, -0.05) is 45.0 Å². The number of carbonyl (C=O) groups is 1. The second kappa shape index (κ2) is 8.65. The molecule has 0 atom stereocenters. The summed E-state index contributed by atoms with van der Waals surface area (Å²) in [7, 11) is 0. The van der Waals surface area contributed by atoms with E-state index in [1.165, 1.54) is 17.7 Å². The maximum Gasteiger partial charge on any atom is 0.221 e. The first-order valence-electron chi connectivity index (χ1n) is 8.70. The molecule has 0 aliphatic rings. The van der Waals surface area contributed by atoms with Crippen LogP contribution in [0.1, 0.15) is 38.3 Å². The van der Waals surface area contributed by atoms with Crippen molar-refractivity contribution in [1.29, 1.82) is 0 Å². The van der Waals surface area contributed by atoms with Gasteiger partial charge in [-0.05, 0) is 47.2 Å². The van der Waals surface area contributed by atoms with Crippen molar-refractivity contribution in [2.24, 2.45) is 0 Å². The third-order valence-corrected chi connectivity index (χ3v) is 4.08. The minimum absolute atomic E-state index is 0.0147. The van der Waals surface area contributed by atoms with Crippen LogP contribution in [-0.4, -0.2) is 19.0 Å². The Kier molecular flexibility index (Phi) is 6.57. The van der Waals surface area contributed by atoms with E-state index in [0.717, 1.165) is 11.3 Å². The van der Waals surface area contributed by atoms with Crippen LogP contribution < -0.4 is 10.6 Å². The lowest BCUT2D eigenvalue weighted by atomic mass is 9.87. The largest absolute Gasteiger partial charge is 0.385 e. The van der Waals surface area contributed by atoms with Gasteiger partial charge in [0.05, 0.1) is 0 Å². The fourth-order valence-electron chi connectivity index (χ4n) is 2.49. The third-order valence-electron chi connectivity index (χ3n) is 4.08. The van der Waals surface area contributed by atoms with Gasteiger partial charge in [0.2, 0.25) is 5.91 Å². The Morgan fingerprint density at radius 2 is 1.60 bits per heavy atom. The molecule has 3 nitrogen and oxygen atoms in total. The highest BCUT2D eigenvalue weighted by molar-refractivity contribution is 5.76. The summed E-state index contributed by atoms with van der Waals surface area (Å²) in [5.41, 5.74) is 3.46. The van der Waals surface area contributed by atoms with Crippen molar-refractivity contribution < 1.29 is 9.18 Å². The number of amides is 1. The molecule has 0 fully saturated rings. The molecule has 2 aromatic carbocycles. The smallest absolute Gasteiger partial charge is 0.221 e. The van der Waals surface area contributed by atoms with Crippen molar-refractivity contribution in [2.45, 2.75) is 39.0 Å². The Morgan fingerprint density at radius 1 is 0.960 bits per heavy atom. The highest BCUT2D eigenvalue weighted by Gasteiger charge is 2.12. The van der Waals surface area contributed by atoms with E-state index in [1.54, 1.807) is 12.1 Å². The number of carbonyl (C=O) groups excluding carboxylic acids is 1. The van der Waals surface area contributed by atoms with Crippen LogP contribution in [0.4, 0.5) is 10.1 Å². The summed E-state index contributed by atoms with van der Waals surface area (Å²) < 4.78 is 12.8. The maximum absolute atomic E-state index is 12.8. The van der Waals surface area contributed by atoms with Crippen molar-refractivity contribution >= 4 is 11.6 Å². The lowest BCUT2D eigenvalue weighted by Gasteiger charge is -2.19. The predicted molar refractivity (Wildman–Crippen MR) is 101 cm³/mol. The van der Waals surface area contributed by atoms with Crippen LogP contribution in [0.5, 0.6) is 0 Å². The Bertz CT molecular complexity index is 673. The molecular formula is C21H27FN2O. The van der Waals surface area contributed by atoms with Crippen LogP contribution in [0.2, 0.25) is 0 Å². The average molecular weight is 342 g/mol. The molecule has 2 aromatic rings. The molecule has 4 heteroatoms.